The molecule has 0 amide bonds. The molecule has 1 aromatic rings. The van der Waals surface area contributed by atoms with Crippen molar-refractivity contribution in [2.45, 2.75) is 75.7 Å². The molecule has 112 valence electrons. The van der Waals surface area contributed by atoms with Crippen molar-refractivity contribution < 1.29 is 0 Å². The van der Waals surface area contributed by atoms with Gasteiger partial charge in [-0.15, -0.1) is 0 Å². The minimum absolute atomic E-state index is 0. The molecule has 0 spiro atoms. The highest BCUT2D eigenvalue weighted by Crippen LogP contribution is 2.42. The van der Waals surface area contributed by atoms with Gasteiger partial charge in [0.15, 0.2) is 0 Å². The van der Waals surface area contributed by atoms with Gasteiger partial charge in [-0.1, -0.05) is 86.2 Å². The van der Waals surface area contributed by atoms with Gasteiger partial charge in [-0.05, 0) is 35.7 Å². The summed E-state index contributed by atoms with van der Waals surface area (Å²) in [4.78, 5) is 0. The molecule has 0 aromatic heterocycles. The largest absolute Gasteiger partial charge is 0.0776 e. The Kier molecular flexibility index (Phi) is 7.70. The number of aryl methyl sites for hydroxylation is 1. The summed E-state index contributed by atoms with van der Waals surface area (Å²) >= 11 is 0. The Morgan fingerprint density at radius 1 is 0.842 bits per heavy atom. The van der Waals surface area contributed by atoms with Crippen LogP contribution in [0.4, 0.5) is 0 Å². The maximum Gasteiger partial charge on any atom is -0.0108 e. The van der Waals surface area contributed by atoms with Crippen LogP contribution < -0.4 is 0 Å². The van der Waals surface area contributed by atoms with Crippen molar-refractivity contribution in [2.75, 3.05) is 0 Å². The average molecular weight is 264 g/mol. The van der Waals surface area contributed by atoms with Crippen molar-refractivity contribution in [1.82, 2.24) is 0 Å². The molecule has 0 heteroatoms. The highest BCUT2D eigenvalue weighted by molar-refractivity contribution is 5.26. The van der Waals surface area contributed by atoms with Crippen molar-refractivity contribution in [3.05, 3.63) is 35.4 Å². The molecule has 19 heavy (non-hydrogen) atoms. The molecule has 0 heterocycles. The second kappa shape index (κ2) is 7.12. The number of benzene rings is 1. The fraction of sp³-hybridized carbons (Fsp3) is 0.684. The van der Waals surface area contributed by atoms with Gasteiger partial charge in [0.2, 0.25) is 0 Å². The van der Waals surface area contributed by atoms with Gasteiger partial charge in [0, 0.05) is 0 Å². The first-order chi connectivity index (χ1) is 7.59. The lowest BCUT2D eigenvalue weighted by Gasteiger charge is -2.36. The SMILES string of the molecule is C.C.Cc1ccc(C(CC(C)(C)C)C(C)(C)C)cc1. The molecule has 1 unspecified atom stereocenters. The lowest BCUT2D eigenvalue weighted by Crippen LogP contribution is -2.23. The Bertz CT molecular complexity index is 343. The molecule has 0 nitrogen and oxygen atoms in total. The molecule has 0 bridgehead atoms. The summed E-state index contributed by atoms with van der Waals surface area (Å²) in [6.45, 7) is 16.2. The van der Waals surface area contributed by atoms with Crippen LogP contribution in [0.2, 0.25) is 0 Å². The van der Waals surface area contributed by atoms with E-state index < -0.39 is 0 Å². The molecule has 0 radical (unpaired) electrons. The zero-order valence-electron chi connectivity index (χ0n) is 12.6. The van der Waals surface area contributed by atoms with E-state index in [1.54, 1.807) is 0 Å². The van der Waals surface area contributed by atoms with Crippen molar-refractivity contribution in [3.8, 4) is 0 Å². The second-order valence-electron chi connectivity index (χ2n) is 7.59. The number of hydrogen-bond donors (Lipinski definition) is 0. The van der Waals surface area contributed by atoms with Gasteiger partial charge in [-0.25, -0.2) is 0 Å². The smallest absolute Gasteiger partial charge is 0.0108 e. The van der Waals surface area contributed by atoms with Crippen LogP contribution in [0.25, 0.3) is 0 Å². The Hall–Kier alpha value is -0.780. The first-order valence-corrected chi connectivity index (χ1v) is 6.66. The van der Waals surface area contributed by atoms with E-state index in [0.717, 1.165) is 0 Å². The van der Waals surface area contributed by atoms with Crippen LogP contribution in [0, 0.1) is 17.8 Å². The maximum absolute atomic E-state index is 2.35. The average Bonchev–Trinajstić information content (AvgIpc) is 2.13. The zero-order valence-corrected chi connectivity index (χ0v) is 12.6. The molecule has 1 atom stereocenters. The normalized spacial score (nSPS) is 13.2. The molecule has 0 aliphatic heterocycles. The summed E-state index contributed by atoms with van der Waals surface area (Å²) in [5, 5.41) is 0. The fourth-order valence-corrected chi connectivity index (χ4v) is 2.34. The van der Waals surface area contributed by atoms with Crippen LogP contribution in [0.15, 0.2) is 24.3 Å². The quantitative estimate of drug-likeness (QED) is 0.549. The molecule has 0 N–H and O–H groups in total. The van der Waals surface area contributed by atoms with Gasteiger partial charge in [0.25, 0.3) is 0 Å². The third-order valence-corrected chi connectivity index (χ3v) is 3.34. The third-order valence-electron chi connectivity index (χ3n) is 3.34. The maximum atomic E-state index is 2.35. The Labute approximate surface area is 122 Å². The van der Waals surface area contributed by atoms with E-state index in [1.807, 2.05) is 0 Å². The molecular formula is C19H36. The highest BCUT2D eigenvalue weighted by Gasteiger charge is 2.30. The van der Waals surface area contributed by atoms with Crippen LogP contribution in [-0.4, -0.2) is 0 Å². The molecule has 0 aliphatic rings. The van der Waals surface area contributed by atoms with E-state index in [1.165, 1.54) is 17.5 Å². The van der Waals surface area contributed by atoms with Crippen molar-refractivity contribution in [1.29, 1.82) is 0 Å². The Morgan fingerprint density at radius 3 is 1.58 bits per heavy atom. The molecule has 0 saturated carbocycles. The fourth-order valence-electron chi connectivity index (χ4n) is 2.34. The first-order valence-electron chi connectivity index (χ1n) is 6.66. The van der Waals surface area contributed by atoms with Gasteiger partial charge >= 0.3 is 0 Å². The standard InChI is InChI=1S/C17H28.2CH4/c1-13-8-10-14(11-9-13)15(17(5,6)7)12-16(2,3)4;;/h8-11,15H,12H2,1-7H3;2*1H4. The molecule has 1 rings (SSSR count). The molecule has 0 saturated heterocycles. The summed E-state index contributed by atoms with van der Waals surface area (Å²) in [7, 11) is 0. The predicted octanol–water partition coefficient (Wildman–Crippen LogP) is 6.83. The lowest BCUT2D eigenvalue weighted by molar-refractivity contribution is 0.229. The first kappa shape index (κ1) is 20.5. The molecule has 0 fully saturated rings. The third kappa shape index (κ3) is 6.80. The number of rotatable bonds is 2. The van der Waals surface area contributed by atoms with Crippen LogP contribution in [0.1, 0.15) is 79.9 Å². The van der Waals surface area contributed by atoms with E-state index in [4.69, 9.17) is 0 Å². The number of hydrogen-bond acceptors (Lipinski definition) is 0. The molecule has 0 aliphatic carbocycles. The van der Waals surface area contributed by atoms with E-state index in [0.29, 0.717) is 16.7 Å². The van der Waals surface area contributed by atoms with Crippen molar-refractivity contribution in [3.63, 3.8) is 0 Å². The predicted molar refractivity (Wildman–Crippen MR) is 90.9 cm³/mol. The van der Waals surface area contributed by atoms with Gasteiger partial charge in [0.05, 0.1) is 0 Å². The summed E-state index contributed by atoms with van der Waals surface area (Å²) in [6.07, 6.45) is 1.24. The minimum Gasteiger partial charge on any atom is -0.0776 e. The van der Waals surface area contributed by atoms with Gasteiger partial charge < -0.3 is 0 Å². The van der Waals surface area contributed by atoms with Gasteiger partial charge in [-0.3, -0.25) is 0 Å². The Morgan fingerprint density at radius 2 is 1.26 bits per heavy atom. The van der Waals surface area contributed by atoms with E-state index >= 15 is 0 Å². The van der Waals surface area contributed by atoms with Crippen LogP contribution in [0.3, 0.4) is 0 Å². The summed E-state index contributed by atoms with van der Waals surface area (Å²) in [6, 6.07) is 9.07. The summed E-state index contributed by atoms with van der Waals surface area (Å²) in [5.74, 6) is 0.628. The topological polar surface area (TPSA) is 0 Å². The monoisotopic (exact) mass is 264 g/mol. The Balaban J connectivity index is 0. The van der Waals surface area contributed by atoms with E-state index in [9.17, 15) is 0 Å². The summed E-state index contributed by atoms with van der Waals surface area (Å²) in [5.41, 5.74) is 3.53. The van der Waals surface area contributed by atoms with Gasteiger partial charge in [0.1, 0.15) is 0 Å². The van der Waals surface area contributed by atoms with Crippen LogP contribution in [0.5, 0.6) is 0 Å². The zero-order chi connectivity index (χ0) is 13.3. The van der Waals surface area contributed by atoms with Crippen molar-refractivity contribution >= 4 is 0 Å². The highest BCUT2D eigenvalue weighted by atomic mass is 14.3. The molecule has 1 aromatic carbocycles. The lowest BCUT2D eigenvalue weighted by atomic mass is 9.69. The van der Waals surface area contributed by atoms with E-state index in [2.05, 4.69) is 72.7 Å². The van der Waals surface area contributed by atoms with E-state index in [-0.39, 0.29) is 14.9 Å². The van der Waals surface area contributed by atoms with Crippen LogP contribution in [-0.2, 0) is 0 Å². The summed E-state index contributed by atoms with van der Waals surface area (Å²) < 4.78 is 0. The van der Waals surface area contributed by atoms with Gasteiger partial charge in [-0.2, -0.15) is 0 Å². The van der Waals surface area contributed by atoms with Crippen molar-refractivity contribution in [2.24, 2.45) is 10.8 Å². The second-order valence-corrected chi connectivity index (χ2v) is 7.59. The van der Waals surface area contributed by atoms with Crippen LogP contribution >= 0.6 is 0 Å². The molecular weight excluding hydrogens is 228 g/mol. The minimum atomic E-state index is 0.